The van der Waals surface area contributed by atoms with Gasteiger partial charge in [0.05, 0.1) is 5.25 Å². The average Bonchev–Trinajstić information content (AvgIpc) is 2.60. The van der Waals surface area contributed by atoms with Gasteiger partial charge in [0.15, 0.2) is 0 Å². The molecule has 0 aliphatic carbocycles. The van der Waals surface area contributed by atoms with Crippen LogP contribution in [-0.2, 0) is 21.8 Å². The van der Waals surface area contributed by atoms with Gasteiger partial charge in [-0.05, 0) is 42.7 Å². The van der Waals surface area contributed by atoms with Crippen LogP contribution >= 0.6 is 11.8 Å². The molecule has 124 valence electrons. The van der Waals surface area contributed by atoms with Crippen LogP contribution in [-0.4, -0.2) is 17.1 Å². The fourth-order valence-corrected chi connectivity index (χ4v) is 3.42. The summed E-state index contributed by atoms with van der Waals surface area (Å²) in [6.45, 7) is 1.92. The number of anilines is 2. The average molecular weight is 340 g/mol. The molecule has 0 unspecified atom stereocenters. The molecule has 0 saturated heterocycles. The van der Waals surface area contributed by atoms with Crippen LogP contribution in [0.25, 0.3) is 0 Å². The maximum Gasteiger partial charge on any atom is 0.237 e. The summed E-state index contributed by atoms with van der Waals surface area (Å²) < 4.78 is 0. The van der Waals surface area contributed by atoms with Gasteiger partial charge >= 0.3 is 0 Å². The smallest absolute Gasteiger partial charge is 0.237 e. The molecule has 0 aromatic heterocycles. The van der Waals surface area contributed by atoms with Crippen LogP contribution in [0.3, 0.4) is 0 Å². The summed E-state index contributed by atoms with van der Waals surface area (Å²) in [5, 5.41) is 5.67. The highest BCUT2D eigenvalue weighted by Crippen LogP contribution is 2.26. The molecule has 0 fully saturated rings. The molecule has 0 bridgehead atoms. The van der Waals surface area contributed by atoms with Gasteiger partial charge < -0.3 is 10.6 Å². The van der Waals surface area contributed by atoms with E-state index in [-0.39, 0.29) is 17.1 Å². The van der Waals surface area contributed by atoms with Crippen molar-refractivity contribution in [3.05, 3.63) is 59.7 Å². The topological polar surface area (TPSA) is 58.2 Å². The SMILES string of the molecule is C[C@@H](SCc1ccccc1)C(=O)Nc1ccc2c(c1)CCC(=O)N2. The second-order valence-corrected chi connectivity index (χ2v) is 7.18. The second-order valence-electron chi connectivity index (χ2n) is 5.85. The predicted octanol–water partition coefficient (Wildman–Crippen LogP) is 3.83. The van der Waals surface area contributed by atoms with Crippen molar-refractivity contribution in [1.82, 2.24) is 0 Å². The van der Waals surface area contributed by atoms with Crippen LogP contribution in [0.1, 0.15) is 24.5 Å². The first-order valence-corrected chi connectivity index (χ1v) is 9.06. The molecule has 0 radical (unpaired) electrons. The molecule has 1 atom stereocenters. The number of carbonyl (C=O) groups excluding carboxylic acids is 2. The van der Waals surface area contributed by atoms with Gasteiger partial charge in [-0.1, -0.05) is 30.3 Å². The van der Waals surface area contributed by atoms with Crippen molar-refractivity contribution in [2.45, 2.75) is 30.8 Å². The van der Waals surface area contributed by atoms with Crippen molar-refractivity contribution in [2.75, 3.05) is 10.6 Å². The number of carbonyl (C=O) groups is 2. The molecule has 24 heavy (non-hydrogen) atoms. The Bertz CT molecular complexity index is 746. The first-order chi connectivity index (χ1) is 11.6. The minimum absolute atomic E-state index is 0.00396. The van der Waals surface area contributed by atoms with E-state index in [2.05, 4.69) is 22.8 Å². The summed E-state index contributed by atoms with van der Waals surface area (Å²) in [5.74, 6) is 0.854. The Balaban J connectivity index is 1.57. The van der Waals surface area contributed by atoms with Crippen molar-refractivity contribution in [2.24, 2.45) is 0 Å². The van der Waals surface area contributed by atoms with E-state index >= 15 is 0 Å². The first kappa shape index (κ1) is 16.6. The van der Waals surface area contributed by atoms with Gasteiger partial charge in [-0.3, -0.25) is 9.59 Å². The normalized spacial score (nSPS) is 14.5. The first-order valence-electron chi connectivity index (χ1n) is 8.01. The van der Waals surface area contributed by atoms with Crippen molar-refractivity contribution >= 4 is 35.0 Å². The number of aryl methyl sites for hydroxylation is 1. The lowest BCUT2D eigenvalue weighted by molar-refractivity contribution is -0.116. The minimum Gasteiger partial charge on any atom is -0.326 e. The van der Waals surface area contributed by atoms with E-state index in [0.29, 0.717) is 12.8 Å². The standard InChI is InChI=1S/C19H20N2O2S/c1-13(24-12-14-5-3-2-4-6-14)19(23)20-16-8-9-17-15(11-16)7-10-18(22)21-17/h2-6,8-9,11,13H,7,10,12H2,1H3,(H,20,23)(H,21,22)/t13-/m1/s1. The van der Waals surface area contributed by atoms with Crippen LogP contribution in [0.4, 0.5) is 11.4 Å². The van der Waals surface area contributed by atoms with E-state index in [0.717, 1.165) is 22.7 Å². The molecule has 1 aliphatic heterocycles. The molecule has 0 spiro atoms. The largest absolute Gasteiger partial charge is 0.326 e. The van der Waals surface area contributed by atoms with Crippen LogP contribution in [0, 0.1) is 0 Å². The Labute approximate surface area is 146 Å². The Morgan fingerprint density at radius 3 is 2.79 bits per heavy atom. The lowest BCUT2D eigenvalue weighted by Crippen LogP contribution is -2.23. The third-order valence-electron chi connectivity index (χ3n) is 3.98. The van der Waals surface area contributed by atoms with Gasteiger partial charge in [-0.2, -0.15) is 0 Å². The van der Waals surface area contributed by atoms with Crippen LogP contribution < -0.4 is 10.6 Å². The molecule has 1 heterocycles. The van der Waals surface area contributed by atoms with Gasteiger partial charge in [0.25, 0.3) is 0 Å². The predicted molar refractivity (Wildman–Crippen MR) is 99.2 cm³/mol. The van der Waals surface area contributed by atoms with E-state index in [4.69, 9.17) is 0 Å². The van der Waals surface area contributed by atoms with Gasteiger partial charge in [-0.25, -0.2) is 0 Å². The highest BCUT2D eigenvalue weighted by molar-refractivity contribution is 7.99. The number of hydrogen-bond donors (Lipinski definition) is 2. The van der Waals surface area contributed by atoms with Gasteiger partial charge in [0, 0.05) is 23.5 Å². The van der Waals surface area contributed by atoms with Gasteiger partial charge in [-0.15, -0.1) is 11.8 Å². The highest BCUT2D eigenvalue weighted by Gasteiger charge is 2.17. The molecule has 4 nitrogen and oxygen atoms in total. The third-order valence-corrected chi connectivity index (χ3v) is 5.19. The number of amides is 2. The molecular formula is C19H20N2O2S. The van der Waals surface area contributed by atoms with Crippen LogP contribution in [0.2, 0.25) is 0 Å². The lowest BCUT2D eigenvalue weighted by atomic mass is 10.0. The molecule has 0 saturated carbocycles. The van der Waals surface area contributed by atoms with E-state index in [1.54, 1.807) is 11.8 Å². The Hall–Kier alpha value is -2.27. The zero-order valence-corrected chi connectivity index (χ0v) is 14.4. The van der Waals surface area contributed by atoms with E-state index in [9.17, 15) is 9.59 Å². The Morgan fingerprint density at radius 1 is 1.21 bits per heavy atom. The number of fused-ring (bicyclic) bond motifs is 1. The number of hydrogen-bond acceptors (Lipinski definition) is 3. The molecule has 2 N–H and O–H groups in total. The Morgan fingerprint density at radius 2 is 2.00 bits per heavy atom. The summed E-state index contributed by atoms with van der Waals surface area (Å²) in [4.78, 5) is 23.7. The van der Waals surface area contributed by atoms with Crippen LogP contribution in [0.15, 0.2) is 48.5 Å². The second kappa shape index (κ2) is 7.53. The fourth-order valence-electron chi connectivity index (χ4n) is 2.58. The van der Waals surface area contributed by atoms with E-state index in [1.807, 2.05) is 43.3 Å². The van der Waals surface area contributed by atoms with Crippen molar-refractivity contribution in [3.8, 4) is 0 Å². The highest BCUT2D eigenvalue weighted by atomic mass is 32.2. The fraction of sp³-hybridized carbons (Fsp3) is 0.263. The quantitative estimate of drug-likeness (QED) is 0.870. The molecule has 1 aliphatic rings. The van der Waals surface area contributed by atoms with Crippen molar-refractivity contribution in [1.29, 1.82) is 0 Å². The minimum atomic E-state index is -0.138. The summed E-state index contributed by atoms with van der Waals surface area (Å²) in [7, 11) is 0. The van der Waals surface area contributed by atoms with Gasteiger partial charge in [0.2, 0.25) is 11.8 Å². The monoisotopic (exact) mass is 340 g/mol. The summed E-state index contributed by atoms with van der Waals surface area (Å²) in [6, 6.07) is 15.8. The number of nitrogens with one attached hydrogen (secondary N) is 2. The summed E-state index contributed by atoms with van der Waals surface area (Å²) in [6.07, 6.45) is 1.21. The Kier molecular flexibility index (Phi) is 5.20. The molecule has 2 aromatic rings. The number of rotatable bonds is 5. The third kappa shape index (κ3) is 4.17. The maximum atomic E-state index is 12.4. The summed E-state index contributed by atoms with van der Waals surface area (Å²) >= 11 is 1.62. The molecule has 3 rings (SSSR count). The van der Waals surface area contributed by atoms with Gasteiger partial charge in [0.1, 0.15) is 0 Å². The number of benzene rings is 2. The zero-order chi connectivity index (χ0) is 16.9. The zero-order valence-electron chi connectivity index (χ0n) is 13.5. The van der Waals surface area contributed by atoms with E-state index in [1.165, 1.54) is 5.56 Å². The van der Waals surface area contributed by atoms with Crippen LogP contribution in [0.5, 0.6) is 0 Å². The molecule has 2 amide bonds. The lowest BCUT2D eigenvalue weighted by Gasteiger charge is -2.18. The summed E-state index contributed by atoms with van der Waals surface area (Å²) in [5.41, 5.74) is 3.90. The van der Waals surface area contributed by atoms with Crippen molar-refractivity contribution in [3.63, 3.8) is 0 Å². The van der Waals surface area contributed by atoms with E-state index < -0.39 is 0 Å². The molecule has 5 heteroatoms. The maximum absolute atomic E-state index is 12.4. The molecular weight excluding hydrogens is 320 g/mol. The molecule has 2 aromatic carbocycles. The number of thioether (sulfide) groups is 1. The van der Waals surface area contributed by atoms with Crippen molar-refractivity contribution < 1.29 is 9.59 Å².